The molecular formula is C14H14N2O3. The predicted molar refractivity (Wildman–Crippen MR) is 71.7 cm³/mol. The van der Waals surface area contributed by atoms with Crippen molar-refractivity contribution in [2.24, 2.45) is 4.99 Å². The van der Waals surface area contributed by atoms with Gasteiger partial charge in [0.1, 0.15) is 11.4 Å². The summed E-state index contributed by atoms with van der Waals surface area (Å²) in [6.45, 7) is 2.00. The van der Waals surface area contributed by atoms with Crippen molar-refractivity contribution in [3.63, 3.8) is 0 Å². The molecule has 1 aliphatic rings. The number of rotatable bonds is 1. The molecule has 2 heterocycles. The fraction of sp³-hybridized carbons (Fsp3) is 0.286. The van der Waals surface area contributed by atoms with Crippen LogP contribution in [0, 0.1) is 0 Å². The minimum absolute atomic E-state index is 0.358. The molecule has 5 heteroatoms. The number of aliphatic imine (C=N–C) groups is 1. The van der Waals surface area contributed by atoms with E-state index in [2.05, 4.69) is 9.98 Å². The lowest BCUT2D eigenvalue weighted by molar-refractivity contribution is -0.133. The zero-order valence-corrected chi connectivity index (χ0v) is 10.8. The van der Waals surface area contributed by atoms with Gasteiger partial charge in [0.25, 0.3) is 0 Å². The number of H-pyrrole nitrogens is 1. The van der Waals surface area contributed by atoms with Gasteiger partial charge in [-0.2, -0.15) is 0 Å². The summed E-state index contributed by atoms with van der Waals surface area (Å²) in [6.07, 6.45) is 0.827. The maximum atomic E-state index is 11.1. The first-order chi connectivity index (χ1) is 9.19. The van der Waals surface area contributed by atoms with Crippen LogP contribution in [0.15, 0.2) is 23.2 Å². The van der Waals surface area contributed by atoms with Crippen molar-refractivity contribution in [2.75, 3.05) is 13.7 Å². The molecule has 0 amide bonds. The molecule has 5 nitrogen and oxygen atoms in total. The first-order valence-electron chi connectivity index (χ1n) is 6.11. The van der Waals surface area contributed by atoms with Crippen molar-refractivity contribution in [3.05, 3.63) is 29.5 Å². The van der Waals surface area contributed by atoms with Gasteiger partial charge >= 0.3 is 5.97 Å². The number of aromatic nitrogens is 1. The summed E-state index contributed by atoms with van der Waals surface area (Å²) in [5.41, 5.74) is 2.91. The average Bonchev–Trinajstić information content (AvgIpc) is 2.77. The number of ether oxygens (including phenoxy) is 2. The highest BCUT2D eigenvalue weighted by Crippen LogP contribution is 2.29. The topological polar surface area (TPSA) is 63.7 Å². The third kappa shape index (κ3) is 1.97. The van der Waals surface area contributed by atoms with E-state index in [0.29, 0.717) is 12.4 Å². The van der Waals surface area contributed by atoms with E-state index in [0.717, 1.165) is 34.3 Å². The molecule has 1 aromatic heterocycles. The van der Waals surface area contributed by atoms with Gasteiger partial charge in [0.15, 0.2) is 0 Å². The zero-order chi connectivity index (χ0) is 13.4. The molecule has 0 saturated carbocycles. The standard InChI is InChI=1S/C14H14N2O3/c1-8(17)19-14-13-10(5-6-15-14)11-7-9(18-2)3-4-12(11)16-13/h3-4,7,16H,5-6H2,1-2H3. The minimum atomic E-state index is -0.358. The van der Waals surface area contributed by atoms with Crippen LogP contribution in [0.1, 0.15) is 18.2 Å². The molecule has 98 valence electrons. The number of esters is 1. The monoisotopic (exact) mass is 258 g/mol. The molecule has 19 heavy (non-hydrogen) atoms. The Labute approximate surface area is 110 Å². The van der Waals surface area contributed by atoms with E-state index < -0.39 is 0 Å². The highest BCUT2D eigenvalue weighted by atomic mass is 16.5. The normalized spacial score (nSPS) is 13.9. The van der Waals surface area contributed by atoms with Crippen molar-refractivity contribution < 1.29 is 14.3 Å². The zero-order valence-electron chi connectivity index (χ0n) is 10.8. The van der Waals surface area contributed by atoms with Gasteiger partial charge in [-0.3, -0.25) is 4.79 Å². The van der Waals surface area contributed by atoms with Crippen molar-refractivity contribution in [1.82, 2.24) is 4.98 Å². The highest BCUT2D eigenvalue weighted by Gasteiger charge is 2.22. The van der Waals surface area contributed by atoms with Crippen LogP contribution in [-0.2, 0) is 16.0 Å². The quantitative estimate of drug-likeness (QED) is 0.796. The fourth-order valence-electron chi connectivity index (χ4n) is 2.36. The number of hydrogen-bond acceptors (Lipinski definition) is 4. The van der Waals surface area contributed by atoms with Gasteiger partial charge in [-0.15, -0.1) is 0 Å². The Kier molecular flexibility index (Phi) is 2.74. The minimum Gasteiger partial charge on any atom is -0.497 e. The molecule has 1 aromatic carbocycles. The summed E-state index contributed by atoms with van der Waals surface area (Å²) < 4.78 is 10.4. The number of nitrogens with zero attached hydrogens (tertiary/aromatic N) is 1. The lowest BCUT2D eigenvalue weighted by Gasteiger charge is -2.11. The summed E-state index contributed by atoms with van der Waals surface area (Å²) >= 11 is 0. The number of aromatic amines is 1. The van der Waals surface area contributed by atoms with Gasteiger partial charge < -0.3 is 14.5 Å². The van der Waals surface area contributed by atoms with E-state index in [4.69, 9.17) is 9.47 Å². The van der Waals surface area contributed by atoms with E-state index in [1.807, 2.05) is 18.2 Å². The Bertz CT molecular complexity index is 685. The van der Waals surface area contributed by atoms with Crippen LogP contribution in [0.5, 0.6) is 5.75 Å². The molecule has 3 rings (SSSR count). The first kappa shape index (κ1) is 11.8. The maximum absolute atomic E-state index is 11.1. The van der Waals surface area contributed by atoms with Gasteiger partial charge in [0.05, 0.1) is 7.11 Å². The molecule has 1 N–H and O–H groups in total. The van der Waals surface area contributed by atoms with Crippen molar-refractivity contribution in [3.8, 4) is 5.75 Å². The van der Waals surface area contributed by atoms with Crippen LogP contribution in [0.25, 0.3) is 10.9 Å². The lowest BCUT2D eigenvalue weighted by Crippen LogP contribution is -2.17. The second kappa shape index (κ2) is 4.42. The van der Waals surface area contributed by atoms with E-state index in [-0.39, 0.29) is 5.97 Å². The van der Waals surface area contributed by atoms with E-state index in [1.165, 1.54) is 6.92 Å². The van der Waals surface area contributed by atoms with Gasteiger partial charge in [-0.25, -0.2) is 4.99 Å². The molecule has 0 saturated heterocycles. The number of hydrogen-bond donors (Lipinski definition) is 1. The number of fused-ring (bicyclic) bond motifs is 3. The number of carbonyl (C=O) groups excluding carboxylic acids is 1. The third-order valence-electron chi connectivity index (χ3n) is 3.18. The van der Waals surface area contributed by atoms with Crippen molar-refractivity contribution in [2.45, 2.75) is 13.3 Å². The van der Waals surface area contributed by atoms with Crippen molar-refractivity contribution >= 4 is 22.8 Å². The largest absolute Gasteiger partial charge is 0.497 e. The fourth-order valence-corrected chi connectivity index (χ4v) is 2.36. The van der Waals surface area contributed by atoms with Gasteiger partial charge in [0, 0.05) is 24.4 Å². The summed E-state index contributed by atoms with van der Waals surface area (Å²) in [6, 6.07) is 5.84. The molecule has 2 aromatic rings. The van der Waals surface area contributed by atoms with Crippen LogP contribution in [0.4, 0.5) is 0 Å². The Morgan fingerprint density at radius 1 is 1.42 bits per heavy atom. The van der Waals surface area contributed by atoms with Gasteiger partial charge in [0.2, 0.25) is 5.90 Å². The molecule has 0 radical (unpaired) electrons. The molecular weight excluding hydrogens is 244 g/mol. The Morgan fingerprint density at radius 2 is 2.26 bits per heavy atom. The molecule has 0 atom stereocenters. The number of methoxy groups -OCH3 is 1. The van der Waals surface area contributed by atoms with Crippen LogP contribution in [0.2, 0.25) is 0 Å². The molecule has 1 aliphatic heterocycles. The van der Waals surface area contributed by atoms with Gasteiger partial charge in [-0.1, -0.05) is 0 Å². The predicted octanol–water partition coefficient (Wildman–Crippen LogP) is 2.04. The molecule has 0 unspecified atom stereocenters. The van der Waals surface area contributed by atoms with Crippen LogP contribution in [-0.4, -0.2) is 30.5 Å². The molecule has 0 aliphatic carbocycles. The summed E-state index contributed by atoms with van der Waals surface area (Å²) in [5.74, 6) is 0.831. The molecule has 0 bridgehead atoms. The van der Waals surface area contributed by atoms with Gasteiger partial charge in [-0.05, 0) is 30.2 Å². The summed E-state index contributed by atoms with van der Waals surface area (Å²) in [7, 11) is 1.64. The summed E-state index contributed by atoms with van der Waals surface area (Å²) in [4.78, 5) is 18.6. The average molecular weight is 258 g/mol. The third-order valence-corrected chi connectivity index (χ3v) is 3.18. The Hall–Kier alpha value is -2.30. The molecule has 0 fully saturated rings. The van der Waals surface area contributed by atoms with E-state index in [9.17, 15) is 4.79 Å². The maximum Gasteiger partial charge on any atom is 0.309 e. The van der Waals surface area contributed by atoms with E-state index in [1.54, 1.807) is 7.11 Å². The number of nitrogens with one attached hydrogen (secondary N) is 1. The second-order valence-corrected chi connectivity index (χ2v) is 4.42. The number of carbonyl (C=O) groups is 1. The number of benzene rings is 1. The molecule has 0 spiro atoms. The summed E-state index contributed by atoms with van der Waals surface area (Å²) in [5, 5.41) is 1.09. The Morgan fingerprint density at radius 3 is 3.00 bits per heavy atom. The second-order valence-electron chi connectivity index (χ2n) is 4.42. The smallest absolute Gasteiger partial charge is 0.309 e. The van der Waals surface area contributed by atoms with Crippen LogP contribution >= 0.6 is 0 Å². The Balaban J connectivity index is 2.14. The van der Waals surface area contributed by atoms with Crippen LogP contribution in [0.3, 0.4) is 0 Å². The van der Waals surface area contributed by atoms with Crippen LogP contribution < -0.4 is 4.74 Å². The van der Waals surface area contributed by atoms with E-state index >= 15 is 0 Å². The highest BCUT2D eigenvalue weighted by molar-refractivity contribution is 6.05. The first-order valence-corrected chi connectivity index (χ1v) is 6.11. The lowest BCUT2D eigenvalue weighted by atomic mass is 10.1. The van der Waals surface area contributed by atoms with Crippen molar-refractivity contribution in [1.29, 1.82) is 0 Å². The SMILES string of the molecule is COc1ccc2[nH]c3c(c2c1)CCN=C3OC(C)=O.